The average Bonchev–Trinajstić information content (AvgIpc) is 2.75. The first-order valence-electron chi connectivity index (χ1n) is 9.64. The number of para-hydroxylation sites is 2. The van der Waals surface area contributed by atoms with Crippen molar-refractivity contribution in [2.45, 2.75) is 46.1 Å². The van der Waals surface area contributed by atoms with Crippen LogP contribution in [0.4, 0.5) is 11.4 Å². The highest BCUT2D eigenvalue weighted by molar-refractivity contribution is 7.86. The van der Waals surface area contributed by atoms with E-state index in [1.807, 2.05) is 13.8 Å². The number of rotatable bonds is 8. The van der Waals surface area contributed by atoms with Crippen LogP contribution in [0.3, 0.4) is 0 Å². The molecule has 1 heterocycles. The molecule has 1 aromatic rings. The number of hydrogen-bond donors (Lipinski definition) is 1. The first kappa shape index (κ1) is 22.3. The largest absolute Gasteiger partial charge is 0.324 e. The van der Waals surface area contributed by atoms with Crippen molar-refractivity contribution in [3.63, 3.8) is 0 Å². The van der Waals surface area contributed by atoms with Crippen molar-refractivity contribution in [1.29, 1.82) is 0 Å². The summed E-state index contributed by atoms with van der Waals surface area (Å²) in [7, 11) is -2.32. The second-order valence-corrected chi connectivity index (χ2v) is 9.08. The lowest BCUT2D eigenvalue weighted by molar-refractivity contribution is -0.119. The number of nitrogens with zero attached hydrogens (tertiary/aromatic N) is 3. The third-order valence-electron chi connectivity index (χ3n) is 4.65. The number of amides is 2. The summed E-state index contributed by atoms with van der Waals surface area (Å²) in [4.78, 5) is 26.7. The molecule has 0 aromatic heterocycles. The number of nitrogens with one attached hydrogen (secondary N) is 1. The van der Waals surface area contributed by atoms with Crippen LogP contribution in [0.2, 0.25) is 0 Å². The van der Waals surface area contributed by atoms with Crippen LogP contribution in [-0.4, -0.2) is 61.6 Å². The Morgan fingerprint density at radius 2 is 1.82 bits per heavy atom. The van der Waals surface area contributed by atoms with E-state index in [0.717, 1.165) is 4.31 Å². The summed E-state index contributed by atoms with van der Waals surface area (Å²) in [6.07, 6.45) is 1.55. The zero-order valence-electron chi connectivity index (χ0n) is 17.0. The van der Waals surface area contributed by atoms with E-state index in [-0.39, 0.29) is 30.8 Å². The molecule has 8 nitrogen and oxygen atoms in total. The van der Waals surface area contributed by atoms with Gasteiger partial charge in [-0.15, -0.1) is 0 Å². The lowest BCUT2D eigenvalue weighted by atomic mass is 10.1. The first-order chi connectivity index (χ1) is 13.2. The van der Waals surface area contributed by atoms with Gasteiger partial charge in [-0.05, 0) is 31.9 Å². The van der Waals surface area contributed by atoms with E-state index in [1.165, 1.54) is 16.3 Å². The van der Waals surface area contributed by atoms with Gasteiger partial charge in [0.15, 0.2) is 0 Å². The summed E-state index contributed by atoms with van der Waals surface area (Å²) >= 11 is 0. The third-order valence-corrected chi connectivity index (χ3v) is 6.59. The minimum absolute atomic E-state index is 0.147. The Bertz CT molecular complexity index is 806. The van der Waals surface area contributed by atoms with Crippen molar-refractivity contribution in [2.24, 2.45) is 0 Å². The lowest BCUT2D eigenvalue weighted by Gasteiger charge is -2.31. The van der Waals surface area contributed by atoms with Crippen molar-refractivity contribution in [3.05, 3.63) is 24.3 Å². The van der Waals surface area contributed by atoms with E-state index in [1.54, 1.807) is 31.2 Å². The Balaban J connectivity index is 2.26. The van der Waals surface area contributed by atoms with Crippen LogP contribution < -0.4 is 10.2 Å². The van der Waals surface area contributed by atoms with Gasteiger partial charge in [0.05, 0.1) is 17.9 Å². The molecule has 0 radical (unpaired) electrons. The summed E-state index contributed by atoms with van der Waals surface area (Å²) in [5.41, 5.74) is 1.13. The molecule has 2 rings (SSSR count). The van der Waals surface area contributed by atoms with Gasteiger partial charge in [-0.25, -0.2) is 0 Å². The minimum atomic E-state index is -3.74. The SMILES string of the molecule is CCCN(CCC)S(=O)(=O)N(C)CC(=O)N1c2ccccc2NC(=O)CC1C. The molecule has 0 saturated heterocycles. The van der Waals surface area contributed by atoms with Crippen LogP contribution in [0.1, 0.15) is 40.0 Å². The Kier molecular flexibility index (Phi) is 7.56. The highest BCUT2D eigenvalue weighted by Gasteiger charge is 2.33. The molecule has 1 aliphatic heterocycles. The van der Waals surface area contributed by atoms with Crippen LogP contribution in [-0.2, 0) is 19.8 Å². The Morgan fingerprint density at radius 1 is 1.21 bits per heavy atom. The van der Waals surface area contributed by atoms with Crippen molar-refractivity contribution in [1.82, 2.24) is 8.61 Å². The van der Waals surface area contributed by atoms with Gasteiger partial charge in [0.25, 0.3) is 10.2 Å². The predicted octanol–water partition coefficient (Wildman–Crippen LogP) is 2.05. The topological polar surface area (TPSA) is 90.0 Å². The van der Waals surface area contributed by atoms with Crippen LogP contribution in [0.5, 0.6) is 0 Å². The Morgan fingerprint density at radius 3 is 2.43 bits per heavy atom. The molecule has 28 heavy (non-hydrogen) atoms. The summed E-state index contributed by atoms with van der Waals surface area (Å²) < 4.78 is 28.3. The van der Waals surface area contributed by atoms with Gasteiger partial charge in [0.1, 0.15) is 0 Å². The van der Waals surface area contributed by atoms with E-state index in [9.17, 15) is 18.0 Å². The van der Waals surface area contributed by atoms with E-state index >= 15 is 0 Å². The maximum atomic E-state index is 13.1. The number of hydrogen-bond acceptors (Lipinski definition) is 4. The molecule has 1 atom stereocenters. The predicted molar refractivity (Wildman–Crippen MR) is 110 cm³/mol. The highest BCUT2D eigenvalue weighted by atomic mass is 32.2. The minimum Gasteiger partial charge on any atom is -0.324 e. The summed E-state index contributed by atoms with van der Waals surface area (Å²) in [6.45, 7) is 6.16. The number of benzene rings is 1. The molecule has 1 aromatic carbocycles. The van der Waals surface area contributed by atoms with Crippen LogP contribution in [0.15, 0.2) is 24.3 Å². The molecule has 0 fully saturated rings. The molecule has 1 aliphatic rings. The maximum Gasteiger partial charge on any atom is 0.282 e. The standard InChI is InChI=1S/C19H30N4O4S/c1-5-11-22(12-6-2)28(26,27)21(4)14-19(25)23-15(3)13-18(24)20-16-9-7-8-10-17(16)23/h7-10,15H,5-6,11-14H2,1-4H3,(H,20,24). The number of fused-ring (bicyclic) bond motifs is 1. The van der Waals surface area contributed by atoms with Gasteiger partial charge in [-0.3, -0.25) is 9.59 Å². The summed E-state index contributed by atoms with van der Waals surface area (Å²) in [5.74, 6) is -0.538. The lowest BCUT2D eigenvalue weighted by Crippen LogP contribution is -2.49. The normalized spacial score (nSPS) is 17.4. The molecule has 0 spiro atoms. The van der Waals surface area contributed by atoms with Crippen LogP contribution >= 0.6 is 0 Å². The molecule has 0 bridgehead atoms. The van der Waals surface area contributed by atoms with E-state index in [2.05, 4.69) is 5.32 Å². The summed E-state index contributed by atoms with van der Waals surface area (Å²) in [6, 6.07) is 6.67. The van der Waals surface area contributed by atoms with E-state index in [0.29, 0.717) is 37.3 Å². The van der Waals surface area contributed by atoms with Gasteiger partial charge < -0.3 is 10.2 Å². The fraction of sp³-hybridized carbons (Fsp3) is 0.579. The number of carbonyl (C=O) groups is 2. The van der Waals surface area contributed by atoms with Gasteiger partial charge >= 0.3 is 0 Å². The maximum absolute atomic E-state index is 13.1. The molecule has 156 valence electrons. The number of likely N-dealkylation sites (N-methyl/N-ethyl adjacent to an activating group) is 1. The van der Waals surface area contributed by atoms with Crippen LogP contribution in [0, 0.1) is 0 Å². The first-order valence-corrected chi connectivity index (χ1v) is 11.0. The molecule has 1 unspecified atom stereocenters. The average molecular weight is 411 g/mol. The number of anilines is 2. The Hall–Kier alpha value is -1.97. The van der Waals surface area contributed by atoms with Crippen molar-refractivity contribution >= 4 is 33.4 Å². The molecule has 1 N–H and O–H groups in total. The van der Waals surface area contributed by atoms with Gasteiger partial charge in [0, 0.05) is 32.6 Å². The number of carbonyl (C=O) groups excluding carboxylic acids is 2. The van der Waals surface area contributed by atoms with Gasteiger partial charge in [-0.2, -0.15) is 17.0 Å². The van der Waals surface area contributed by atoms with Crippen molar-refractivity contribution < 1.29 is 18.0 Å². The molecule has 0 aliphatic carbocycles. The van der Waals surface area contributed by atoms with Crippen molar-refractivity contribution in [2.75, 3.05) is 36.9 Å². The second-order valence-electron chi connectivity index (χ2n) is 7.05. The second kappa shape index (κ2) is 9.49. The molecular weight excluding hydrogens is 380 g/mol. The third kappa shape index (κ3) is 4.89. The van der Waals surface area contributed by atoms with Crippen molar-refractivity contribution in [3.8, 4) is 0 Å². The summed E-state index contributed by atoms with van der Waals surface area (Å²) in [5, 5.41) is 2.80. The molecule has 2 amide bonds. The fourth-order valence-corrected chi connectivity index (χ4v) is 4.85. The van der Waals surface area contributed by atoms with Crippen LogP contribution in [0.25, 0.3) is 0 Å². The van der Waals surface area contributed by atoms with E-state index in [4.69, 9.17) is 0 Å². The van der Waals surface area contributed by atoms with Gasteiger partial charge in [0.2, 0.25) is 11.8 Å². The highest BCUT2D eigenvalue weighted by Crippen LogP contribution is 2.31. The quantitative estimate of drug-likeness (QED) is 0.710. The van der Waals surface area contributed by atoms with Gasteiger partial charge in [-0.1, -0.05) is 26.0 Å². The Labute approximate surface area is 167 Å². The van der Waals surface area contributed by atoms with E-state index < -0.39 is 10.2 Å². The molecule has 0 saturated carbocycles. The monoisotopic (exact) mass is 410 g/mol. The smallest absolute Gasteiger partial charge is 0.282 e. The fourth-order valence-electron chi connectivity index (χ4n) is 3.35. The molecular formula is C19H30N4O4S. The molecule has 9 heteroatoms. The zero-order chi connectivity index (χ0) is 20.9. The zero-order valence-corrected chi connectivity index (χ0v) is 17.8.